The van der Waals surface area contributed by atoms with Crippen LogP contribution in [0.2, 0.25) is 0 Å². The van der Waals surface area contributed by atoms with Crippen LogP contribution in [0.3, 0.4) is 0 Å². The normalized spacial score (nSPS) is 12.2. The van der Waals surface area contributed by atoms with Gasteiger partial charge in [0.15, 0.2) is 5.65 Å². The average Bonchev–Trinajstić information content (AvgIpc) is 2.44. The zero-order valence-electron chi connectivity index (χ0n) is 8.79. The molecular weight excluding hydrogens is 196 g/mol. The van der Waals surface area contributed by atoms with Crippen LogP contribution in [-0.2, 0) is 5.41 Å². The summed E-state index contributed by atoms with van der Waals surface area (Å²) < 4.78 is 1.18. The first-order chi connectivity index (χ1) is 6.89. The molecule has 2 aromatic heterocycles. The highest BCUT2D eigenvalue weighted by molar-refractivity contribution is 5.34. The number of H-pyrrole nitrogens is 2. The monoisotopic (exact) mass is 208 g/mol. The summed E-state index contributed by atoms with van der Waals surface area (Å²) >= 11 is 0. The van der Waals surface area contributed by atoms with Crippen molar-refractivity contribution < 1.29 is 0 Å². The number of nitrogens with one attached hydrogen (secondary N) is 2. The molecule has 0 aliphatic carbocycles. The lowest BCUT2D eigenvalue weighted by Gasteiger charge is -2.15. The lowest BCUT2D eigenvalue weighted by Crippen LogP contribution is -2.30. The number of rotatable bonds is 0. The number of aromatic nitrogens is 4. The van der Waals surface area contributed by atoms with Crippen LogP contribution in [0.5, 0.6) is 0 Å². The number of hydrogen-bond donors (Lipinski definition) is 2. The lowest BCUT2D eigenvalue weighted by molar-refractivity contribution is 0.542. The Kier molecular flexibility index (Phi) is 1.82. The maximum absolute atomic E-state index is 11.9. The van der Waals surface area contributed by atoms with Crippen LogP contribution in [0.25, 0.3) is 5.65 Å². The number of hydrogen-bond acceptors (Lipinski definition) is 3. The molecule has 80 valence electrons. The van der Waals surface area contributed by atoms with E-state index in [9.17, 15) is 9.59 Å². The molecule has 0 aromatic carbocycles. The van der Waals surface area contributed by atoms with Gasteiger partial charge in [0.2, 0.25) is 0 Å². The Morgan fingerprint density at radius 1 is 1.33 bits per heavy atom. The average molecular weight is 208 g/mol. The summed E-state index contributed by atoms with van der Waals surface area (Å²) in [4.78, 5) is 22.9. The smallest absolute Gasteiger partial charge is 0.268 e. The summed E-state index contributed by atoms with van der Waals surface area (Å²) in [7, 11) is 0. The first-order valence-electron chi connectivity index (χ1n) is 4.60. The van der Waals surface area contributed by atoms with Crippen molar-refractivity contribution in [2.45, 2.75) is 26.2 Å². The first kappa shape index (κ1) is 9.70. The molecule has 2 heterocycles. The minimum absolute atomic E-state index is 0.293. The summed E-state index contributed by atoms with van der Waals surface area (Å²) in [5.74, 6) is 0. The molecule has 2 rings (SSSR count). The van der Waals surface area contributed by atoms with Crippen molar-refractivity contribution in [1.82, 2.24) is 19.8 Å². The zero-order valence-corrected chi connectivity index (χ0v) is 8.79. The van der Waals surface area contributed by atoms with Gasteiger partial charge in [-0.15, -0.1) is 0 Å². The molecule has 0 bridgehead atoms. The SMILES string of the molecule is CC(C)(C)c1n[nH]c2cc(=O)[nH]n2c1=O. The molecule has 0 aliphatic heterocycles. The van der Waals surface area contributed by atoms with E-state index in [0.717, 1.165) is 0 Å². The van der Waals surface area contributed by atoms with Crippen molar-refractivity contribution in [2.75, 3.05) is 0 Å². The predicted octanol–water partition coefficient (Wildman–Crippen LogP) is 0.00840. The van der Waals surface area contributed by atoms with Crippen molar-refractivity contribution >= 4 is 5.65 Å². The van der Waals surface area contributed by atoms with E-state index < -0.39 is 0 Å². The maximum atomic E-state index is 11.9. The van der Waals surface area contributed by atoms with Gasteiger partial charge < -0.3 is 0 Å². The van der Waals surface area contributed by atoms with Crippen molar-refractivity contribution in [3.8, 4) is 0 Å². The van der Waals surface area contributed by atoms with Gasteiger partial charge in [-0.2, -0.15) is 9.61 Å². The molecule has 0 saturated heterocycles. The van der Waals surface area contributed by atoms with Gasteiger partial charge in [-0.1, -0.05) is 20.8 Å². The van der Waals surface area contributed by atoms with Gasteiger partial charge in [0.25, 0.3) is 11.1 Å². The van der Waals surface area contributed by atoms with Crippen LogP contribution in [0.1, 0.15) is 26.5 Å². The summed E-state index contributed by atoms with van der Waals surface area (Å²) in [6.45, 7) is 5.66. The highest BCUT2D eigenvalue weighted by atomic mass is 16.1. The molecule has 0 fully saturated rings. The van der Waals surface area contributed by atoms with Crippen molar-refractivity contribution in [3.05, 3.63) is 32.5 Å². The summed E-state index contributed by atoms with van der Waals surface area (Å²) in [6.07, 6.45) is 0. The van der Waals surface area contributed by atoms with Crippen LogP contribution in [-0.4, -0.2) is 19.8 Å². The Hall–Kier alpha value is -1.85. The second-order valence-electron chi connectivity index (χ2n) is 4.47. The van der Waals surface area contributed by atoms with E-state index in [1.165, 1.54) is 10.6 Å². The van der Waals surface area contributed by atoms with E-state index in [-0.39, 0.29) is 16.5 Å². The molecule has 0 aliphatic rings. The van der Waals surface area contributed by atoms with E-state index in [1.54, 1.807) is 0 Å². The minimum Gasteiger partial charge on any atom is -0.268 e. The number of aromatic amines is 2. The Bertz CT molecular complexity index is 611. The maximum Gasteiger partial charge on any atom is 0.295 e. The standard InChI is InChI=1S/C9H12N4O2/c1-9(2,3)7-8(15)13-5(10-11-7)4-6(14)12-13/h4,10H,1-3H3,(H,12,14). The van der Waals surface area contributed by atoms with Crippen LogP contribution in [0.15, 0.2) is 15.7 Å². The third kappa shape index (κ3) is 1.47. The van der Waals surface area contributed by atoms with E-state index >= 15 is 0 Å². The Morgan fingerprint density at radius 2 is 2.00 bits per heavy atom. The fourth-order valence-corrected chi connectivity index (χ4v) is 1.39. The third-order valence-corrected chi connectivity index (χ3v) is 2.13. The van der Waals surface area contributed by atoms with Crippen molar-refractivity contribution in [2.24, 2.45) is 0 Å². The van der Waals surface area contributed by atoms with Gasteiger partial charge in [0, 0.05) is 11.5 Å². The molecule has 0 amide bonds. The topological polar surface area (TPSA) is 83.0 Å². The van der Waals surface area contributed by atoms with Gasteiger partial charge in [-0.3, -0.25) is 19.8 Å². The molecule has 6 heteroatoms. The predicted molar refractivity (Wildman–Crippen MR) is 55.1 cm³/mol. The summed E-state index contributed by atoms with van der Waals surface area (Å²) in [5.41, 5.74) is -0.211. The zero-order chi connectivity index (χ0) is 11.2. The molecular formula is C9H12N4O2. The second-order valence-corrected chi connectivity index (χ2v) is 4.47. The molecule has 15 heavy (non-hydrogen) atoms. The molecule has 2 aromatic rings. The third-order valence-electron chi connectivity index (χ3n) is 2.13. The van der Waals surface area contributed by atoms with Gasteiger partial charge in [-0.25, -0.2) is 0 Å². The largest absolute Gasteiger partial charge is 0.295 e. The van der Waals surface area contributed by atoms with Crippen molar-refractivity contribution in [1.29, 1.82) is 0 Å². The quantitative estimate of drug-likeness (QED) is 0.639. The Labute approximate surface area is 84.9 Å². The van der Waals surface area contributed by atoms with E-state index in [2.05, 4.69) is 15.3 Å². The molecule has 0 atom stereocenters. The second kappa shape index (κ2) is 2.82. The Balaban J connectivity index is 2.87. The number of nitrogens with zero attached hydrogens (tertiary/aromatic N) is 2. The highest BCUT2D eigenvalue weighted by Crippen LogP contribution is 2.15. The van der Waals surface area contributed by atoms with Gasteiger partial charge in [0.05, 0.1) is 0 Å². The molecule has 2 N–H and O–H groups in total. The first-order valence-corrected chi connectivity index (χ1v) is 4.60. The molecule has 0 unspecified atom stereocenters. The molecule has 6 nitrogen and oxygen atoms in total. The molecule has 0 saturated carbocycles. The van der Waals surface area contributed by atoms with Crippen LogP contribution >= 0.6 is 0 Å². The molecule has 0 spiro atoms. The minimum atomic E-state index is -0.358. The summed E-state index contributed by atoms with van der Waals surface area (Å²) in [6, 6.07) is 1.29. The van der Waals surface area contributed by atoms with E-state index in [1.807, 2.05) is 20.8 Å². The van der Waals surface area contributed by atoms with Gasteiger partial charge >= 0.3 is 0 Å². The fraction of sp³-hybridized carbons (Fsp3) is 0.444. The fourth-order valence-electron chi connectivity index (χ4n) is 1.39. The highest BCUT2D eigenvalue weighted by Gasteiger charge is 2.21. The number of fused-ring (bicyclic) bond motifs is 1. The van der Waals surface area contributed by atoms with E-state index in [4.69, 9.17) is 0 Å². The summed E-state index contributed by atoms with van der Waals surface area (Å²) in [5, 5.41) is 9.06. The van der Waals surface area contributed by atoms with Gasteiger partial charge in [0.1, 0.15) is 5.69 Å². The van der Waals surface area contributed by atoms with Crippen LogP contribution in [0, 0.1) is 0 Å². The van der Waals surface area contributed by atoms with E-state index in [0.29, 0.717) is 11.3 Å². The molecule has 0 radical (unpaired) electrons. The van der Waals surface area contributed by atoms with Crippen molar-refractivity contribution in [3.63, 3.8) is 0 Å². The lowest BCUT2D eigenvalue weighted by atomic mass is 9.93. The van der Waals surface area contributed by atoms with Crippen LogP contribution in [0.4, 0.5) is 0 Å². The Morgan fingerprint density at radius 3 is 2.60 bits per heavy atom. The van der Waals surface area contributed by atoms with Crippen LogP contribution < -0.4 is 11.1 Å². The van der Waals surface area contributed by atoms with Gasteiger partial charge in [-0.05, 0) is 0 Å².